The molecule has 0 unspecified atom stereocenters. The summed E-state index contributed by atoms with van der Waals surface area (Å²) >= 11 is 0. The van der Waals surface area contributed by atoms with Crippen LogP contribution >= 0.6 is 0 Å². The van der Waals surface area contributed by atoms with Gasteiger partial charge in [0.1, 0.15) is 17.8 Å². The molecule has 0 amide bonds. The summed E-state index contributed by atoms with van der Waals surface area (Å²) in [6.07, 6.45) is 5.30. The number of aryl methyl sites for hydroxylation is 1. The fourth-order valence-electron chi connectivity index (χ4n) is 3.10. The van der Waals surface area contributed by atoms with Gasteiger partial charge < -0.3 is 15.5 Å². The fraction of sp³-hybridized carbons (Fsp3) is 0.278. The van der Waals surface area contributed by atoms with Gasteiger partial charge in [-0.05, 0) is 31.5 Å². The molecule has 25 heavy (non-hydrogen) atoms. The van der Waals surface area contributed by atoms with Crippen molar-refractivity contribution < 1.29 is 4.74 Å². The predicted molar refractivity (Wildman–Crippen MR) is 97.5 cm³/mol. The SMILES string of the molecule is COc1cccc2cc(-c3nn(CCCCN)c4ncncc34)[nH]c12. The van der Waals surface area contributed by atoms with Gasteiger partial charge in [-0.15, -0.1) is 0 Å². The van der Waals surface area contributed by atoms with E-state index in [2.05, 4.69) is 27.1 Å². The van der Waals surface area contributed by atoms with Gasteiger partial charge in [0, 0.05) is 18.1 Å². The Bertz CT molecular complexity index is 1020. The molecular formula is C18H20N6O. The van der Waals surface area contributed by atoms with E-state index >= 15 is 0 Å². The van der Waals surface area contributed by atoms with Crippen LogP contribution in [-0.2, 0) is 6.54 Å². The maximum atomic E-state index is 5.60. The molecule has 4 aromatic rings. The molecule has 7 nitrogen and oxygen atoms in total. The highest BCUT2D eigenvalue weighted by molar-refractivity contribution is 5.95. The van der Waals surface area contributed by atoms with Gasteiger partial charge in [0.25, 0.3) is 0 Å². The van der Waals surface area contributed by atoms with E-state index in [4.69, 9.17) is 15.6 Å². The lowest BCUT2D eigenvalue weighted by molar-refractivity contribution is 0.419. The molecule has 0 aliphatic heterocycles. The number of nitrogens with zero attached hydrogens (tertiary/aromatic N) is 4. The average molecular weight is 336 g/mol. The molecule has 0 fully saturated rings. The summed E-state index contributed by atoms with van der Waals surface area (Å²) in [6.45, 7) is 1.47. The van der Waals surface area contributed by atoms with Crippen molar-refractivity contribution in [2.24, 2.45) is 5.73 Å². The average Bonchev–Trinajstić information content (AvgIpc) is 3.23. The smallest absolute Gasteiger partial charge is 0.161 e. The van der Waals surface area contributed by atoms with E-state index in [0.29, 0.717) is 6.54 Å². The monoisotopic (exact) mass is 336 g/mol. The Morgan fingerprint density at radius 2 is 2.20 bits per heavy atom. The summed E-state index contributed by atoms with van der Waals surface area (Å²) in [7, 11) is 1.67. The lowest BCUT2D eigenvalue weighted by Crippen LogP contribution is -2.05. The Morgan fingerprint density at radius 1 is 1.28 bits per heavy atom. The Balaban J connectivity index is 1.83. The first-order valence-electron chi connectivity index (χ1n) is 8.34. The summed E-state index contributed by atoms with van der Waals surface area (Å²) in [5.74, 6) is 0.812. The number of para-hydroxylation sites is 1. The molecule has 3 heterocycles. The van der Waals surface area contributed by atoms with Crippen molar-refractivity contribution in [3.8, 4) is 17.1 Å². The number of fused-ring (bicyclic) bond motifs is 2. The zero-order chi connectivity index (χ0) is 17.2. The van der Waals surface area contributed by atoms with E-state index in [-0.39, 0.29) is 0 Å². The molecule has 128 valence electrons. The maximum Gasteiger partial charge on any atom is 0.161 e. The van der Waals surface area contributed by atoms with Crippen molar-refractivity contribution >= 4 is 21.9 Å². The van der Waals surface area contributed by atoms with Crippen molar-refractivity contribution in [3.63, 3.8) is 0 Å². The summed E-state index contributed by atoms with van der Waals surface area (Å²) in [4.78, 5) is 12.0. The van der Waals surface area contributed by atoms with E-state index < -0.39 is 0 Å². The first kappa shape index (κ1) is 15.6. The highest BCUT2D eigenvalue weighted by Gasteiger charge is 2.16. The maximum absolute atomic E-state index is 5.60. The van der Waals surface area contributed by atoms with Crippen LogP contribution in [0.25, 0.3) is 33.3 Å². The summed E-state index contributed by atoms with van der Waals surface area (Å²) in [6, 6.07) is 8.05. The standard InChI is InChI=1S/C18H20N6O/c1-25-15-6-4-5-12-9-14(22-16(12)15)17-13-10-20-11-21-18(13)24(23-17)8-3-2-7-19/h4-6,9-11,22H,2-3,7-8,19H2,1H3. The van der Waals surface area contributed by atoms with Crippen molar-refractivity contribution in [1.82, 2.24) is 24.7 Å². The van der Waals surface area contributed by atoms with Crippen LogP contribution in [0.1, 0.15) is 12.8 Å². The lowest BCUT2D eigenvalue weighted by Gasteiger charge is -2.01. The third kappa shape index (κ3) is 2.72. The Morgan fingerprint density at radius 3 is 3.04 bits per heavy atom. The lowest BCUT2D eigenvalue weighted by atomic mass is 10.2. The van der Waals surface area contributed by atoms with Gasteiger partial charge >= 0.3 is 0 Å². The molecule has 1 aromatic carbocycles. The van der Waals surface area contributed by atoms with Crippen LogP contribution in [-0.4, -0.2) is 38.4 Å². The van der Waals surface area contributed by atoms with E-state index in [0.717, 1.165) is 58.5 Å². The second-order valence-electron chi connectivity index (χ2n) is 5.94. The number of benzene rings is 1. The van der Waals surface area contributed by atoms with Crippen LogP contribution < -0.4 is 10.5 Å². The molecule has 3 aromatic heterocycles. The molecule has 0 bridgehead atoms. The second-order valence-corrected chi connectivity index (χ2v) is 5.94. The minimum atomic E-state index is 0.683. The number of methoxy groups -OCH3 is 1. The van der Waals surface area contributed by atoms with Gasteiger partial charge in [-0.2, -0.15) is 5.10 Å². The highest BCUT2D eigenvalue weighted by atomic mass is 16.5. The molecule has 7 heteroatoms. The first-order valence-corrected chi connectivity index (χ1v) is 8.34. The topological polar surface area (TPSA) is 94.6 Å². The zero-order valence-electron chi connectivity index (χ0n) is 14.1. The van der Waals surface area contributed by atoms with E-state index in [1.165, 1.54) is 0 Å². The zero-order valence-corrected chi connectivity index (χ0v) is 14.1. The minimum Gasteiger partial charge on any atom is -0.495 e. The van der Waals surface area contributed by atoms with Crippen LogP contribution in [0.4, 0.5) is 0 Å². The van der Waals surface area contributed by atoms with Gasteiger partial charge in [0.05, 0.1) is 23.7 Å². The third-order valence-corrected chi connectivity index (χ3v) is 4.33. The van der Waals surface area contributed by atoms with Crippen LogP contribution in [0.3, 0.4) is 0 Å². The number of unbranched alkanes of at least 4 members (excludes halogenated alkanes) is 1. The number of H-pyrrole nitrogens is 1. The molecule has 0 atom stereocenters. The Hall–Kier alpha value is -2.93. The number of aromatic amines is 1. The molecule has 3 N–H and O–H groups in total. The molecule has 0 aliphatic carbocycles. The van der Waals surface area contributed by atoms with Crippen molar-refractivity contribution in [2.75, 3.05) is 13.7 Å². The number of nitrogens with one attached hydrogen (secondary N) is 1. The van der Waals surface area contributed by atoms with Gasteiger partial charge in [0.15, 0.2) is 5.65 Å². The van der Waals surface area contributed by atoms with Gasteiger partial charge in [0.2, 0.25) is 0 Å². The Kier molecular flexibility index (Phi) is 4.07. The third-order valence-electron chi connectivity index (χ3n) is 4.33. The van der Waals surface area contributed by atoms with Crippen LogP contribution in [0.2, 0.25) is 0 Å². The van der Waals surface area contributed by atoms with E-state index in [1.54, 1.807) is 13.4 Å². The minimum absolute atomic E-state index is 0.683. The molecule has 4 rings (SSSR count). The van der Waals surface area contributed by atoms with Crippen LogP contribution in [0.5, 0.6) is 5.75 Å². The van der Waals surface area contributed by atoms with Crippen LogP contribution in [0, 0.1) is 0 Å². The van der Waals surface area contributed by atoms with E-state index in [1.807, 2.05) is 23.0 Å². The van der Waals surface area contributed by atoms with E-state index in [9.17, 15) is 0 Å². The molecule has 0 spiro atoms. The highest BCUT2D eigenvalue weighted by Crippen LogP contribution is 2.32. The number of rotatable bonds is 6. The molecule has 0 saturated heterocycles. The molecule has 0 saturated carbocycles. The number of hydrogen-bond donors (Lipinski definition) is 2. The number of aromatic nitrogens is 5. The number of hydrogen-bond acceptors (Lipinski definition) is 5. The second kappa shape index (κ2) is 6.52. The number of ether oxygens (including phenoxy) is 1. The quantitative estimate of drug-likeness (QED) is 0.528. The van der Waals surface area contributed by atoms with Crippen molar-refractivity contribution in [2.45, 2.75) is 19.4 Å². The van der Waals surface area contributed by atoms with Gasteiger partial charge in [-0.3, -0.25) is 0 Å². The number of nitrogens with two attached hydrogens (primary N) is 1. The molecule has 0 radical (unpaired) electrons. The van der Waals surface area contributed by atoms with Gasteiger partial charge in [-0.25, -0.2) is 14.6 Å². The Labute approximate surface area is 144 Å². The fourth-order valence-corrected chi connectivity index (χ4v) is 3.10. The molecule has 0 aliphatic rings. The van der Waals surface area contributed by atoms with Gasteiger partial charge in [-0.1, -0.05) is 12.1 Å². The van der Waals surface area contributed by atoms with Crippen molar-refractivity contribution in [1.29, 1.82) is 0 Å². The largest absolute Gasteiger partial charge is 0.495 e. The molecular weight excluding hydrogens is 316 g/mol. The van der Waals surface area contributed by atoms with Crippen LogP contribution in [0.15, 0.2) is 36.8 Å². The predicted octanol–water partition coefficient (Wildman–Crippen LogP) is 2.72. The summed E-state index contributed by atoms with van der Waals surface area (Å²) in [5.41, 5.74) is 9.18. The summed E-state index contributed by atoms with van der Waals surface area (Å²) < 4.78 is 7.38. The normalized spacial score (nSPS) is 11.4. The summed E-state index contributed by atoms with van der Waals surface area (Å²) in [5, 5.41) is 6.80. The first-order chi connectivity index (χ1) is 12.3. The van der Waals surface area contributed by atoms with Crippen molar-refractivity contribution in [3.05, 3.63) is 36.8 Å².